The standard InChI is InChI=1S/C22H32N4O4/c1-2-5-30-20-17(13-23-21(25-20)26-3-6-29-7-4-26)19(27)24-18-15-8-14-9-16(18)12-22(28,10-14)11-15/h13-16,18,28H,2-12H2,1H3,(H,24,27). The molecule has 4 bridgehead atoms. The van der Waals surface area contributed by atoms with Gasteiger partial charge in [0, 0.05) is 25.3 Å². The van der Waals surface area contributed by atoms with E-state index in [0.29, 0.717) is 55.0 Å². The number of carbonyl (C=O) groups is 1. The van der Waals surface area contributed by atoms with Crippen molar-refractivity contribution in [1.82, 2.24) is 15.3 Å². The van der Waals surface area contributed by atoms with Crippen LogP contribution in [0.3, 0.4) is 0 Å². The topological polar surface area (TPSA) is 96.8 Å². The number of anilines is 1. The lowest BCUT2D eigenvalue weighted by atomic mass is 9.52. The van der Waals surface area contributed by atoms with Crippen LogP contribution in [0.2, 0.25) is 0 Å². The molecular weight excluding hydrogens is 384 g/mol. The SMILES string of the molecule is CCCOc1nc(N2CCOCC2)ncc1C(=O)NC1C2CC3CC1CC(O)(C3)C2. The molecule has 5 aliphatic rings. The Bertz CT molecular complexity index is 781. The molecule has 4 saturated carbocycles. The summed E-state index contributed by atoms with van der Waals surface area (Å²) in [6.07, 6.45) is 7.19. The second-order valence-corrected chi connectivity index (χ2v) is 9.53. The number of aliphatic hydroxyl groups is 1. The largest absolute Gasteiger partial charge is 0.477 e. The lowest BCUT2D eigenvalue weighted by molar-refractivity contribution is -0.136. The predicted octanol–water partition coefficient (Wildman–Crippen LogP) is 1.77. The van der Waals surface area contributed by atoms with Crippen molar-refractivity contribution in [2.45, 2.75) is 57.1 Å². The third kappa shape index (κ3) is 3.75. The van der Waals surface area contributed by atoms with Gasteiger partial charge in [0.25, 0.3) is 5.91 Å². The van der Waals surface area contributed by atoms with Gasteiger partial charge < -0.3 is 24.8 Å². The van der Waals surface area contributed by atoms with Gasteiger partial charge in [-0.2, -0.15) is 4.98 Å². The number of nitrogens with zero attached hydrogens (tertiary/aromatic N) is 3. The molecule has 8 nitrogen and oxygen atoms in total. The number of hydrogen-bond acceptors (Lipinski definition) is 7. The van der Waals surface area contributed by atoms with E-state index >= 15 is 0 Å². The maximum absolute atomic E-state index is 13.2. The minimum Gasteiger partial charge on any atom is -0.477 e. The summed E-state index contributed by atoms with van der Waals surface area (Å²) in [5, 5.41) is 14.1. The summed E-state index contributed by atoms with van der Waals surface area (Å²) in [5.74, 6) is 2.10. The van der Waals surface area contributed by atoms with Gasteiger partial charge in [-0.3, -0.25) is 4.79 Å². The van der Waals surface area contributed by atoms with Crippen molar-refractivity contribution >= 4 is 11.9 Å². The summed E-state index contributed by atoms with van der Waals surface area (Å²) in [7, 11) is 0. The van der Waals surface area contributed by atoms with E-state index in [4.69, 9.17) is 9.47 Å². The molecular formula is C22H32N4O4. The molecule has 164 valence electrons. The first-order valence-electron chi connectivity index (χ1n) is 11.4. The van der Waals surface area contributed by atoms with Gasteiger partial charge in [-0.25, -0.2) is 4.98 Å². The van der Waals surface area contributed by atoms with Gasteiger partial charge >= 0.3 is 0 Å². The number of ether oxygens (including phenoxy) is 2. The molecule has 0 spiro atoms. The summed E-state index contributed by atoms with van der Waals surface area (Å²) < 4.78 is 11.3. The first kappa shape index (κ1) is 20.0. The molecule has 1 amide bonds. The van der Waals surface area contributed by atoms with Crippen molar-refractivity contribution in [3.8, 4) is 5.88 Å². The predicted molar refractivity (Wildman–Crippen MR) is 111 cm³/mol. The summed E-state index contributed by atoms with van der Waals surface area (Å²) >= 11 is 0. The number of nitrogens with one attached hydrogen (secondary N) is 1. The zero-order chi connectivity index (χ0) is 20.7. The van der Waals surface area contributed by atoms with E-state index in [1.54, 1.807) is 6.20 Å². The van der Waals surface area contributed by atoms with Crippen LogP contribution in [-0.2, 0) is 4.74 Å². The zero-order valence-electron chi connectivity index (χ0n) is 17.7. The summed E-state index contributed by atoms with van der Waals surface area (Å²) in [6.45, 7) is 5.29. The highest BCUT2D eigenvalue weighted by atomic mass is 16.5. The van der Waals surface area contributed by atoms with Crippen LogP contribution in [0.25, 0.3) is 0 Å². The van der Waals surface area contributed by atoms with Crippen molar-refractivity contribution in [2.75, 3.05) is 37.8 Å². The van der Waals surface area contributed by atoms with Gasteiger partial charge in [-0.05, 0) is 56.3 Å². The van der Waals surface area contributed by atoms with Gasteiger partial charge in [0.15, 0.2) is 0 Å². The average Bonchev–Trinajstić information content (AvgIpc) is 2.74. The molecule has 1 aromatic rings. The third-order valence-electron chi connectivity index (χ3n) is 7.26. The zero-order valence-corrected chi connectivity index (χ0v) is 17.7. The normalized spacial score (nSPS) is 34.8. The fourth-order valence-corrected chi connectivity index (χ4v) is 6.18. The van der Waals surface area contributed by atoms with Crippen LogP contribution in [0.15, 0.2) is 6.20 Å². The number of aromatic nitrogens is 2. The maximum Gasteiger partial charge on any atom is 0.258 e. The lowest BCUT2D eigenvalue weighted by Gasteiger charge is -2.58. The van der Waals surface area contributed by atoms with E-state index in [-0.39, 0.29) is 11.9 Å². The average molecular weight is 417 g/mol. The van der Waals surface area contributed by atoms with Gasteiger partial charge in [0.1, 0.15) is 5.56 Å². The molecule has 5 fully saturated rings. The molecule has 2 heterocycles. The van der Waals surface area contributed by atoms with Gasteiger partial charge in [0.2, 0.25) is 11.8 Å². The maximum atomic E-state index is 13.2. The third-order valence-corrected chi connectivity index (χ3v) is 7.26. The number of amides is 1. The smallest absolute Gasteiger partial charge is 0.258 e. The molecule has 2 unspecified atom stereocenters. The Morgan fingerprint density at radius 2 is 2.03 bits per heavy atom. The van der Waals surface area contributed by atoms with Crippen molar-refractivity contribution < 1.29 is 19.4 Å². The van der Waals surface area contributed by atoms with Crippen molar-refractivity contribution in [3.05, 3.63) is 11.8 Å². The Morgan fingerprint density at radius 3 is 2.70 bits per heavy atom. The van der Waals surface area contributed by atoms with Crippen molar-refractivity contribution in [3.63, 3.8) is 0 Å². The highest BCUT2D eigenvalue weighted by Gasteiger charge is 2.55. The van der Waals surface area contributed by atoms with Crippen LogP contribution in [0.1, 0.15) is 55.8 Å². The van der Waals surface area contributed by atoms with Gasteiger partial charge in [0.05, 0.1) is 25.4 Å². The molecule has 2 N–H and O–H groups in total. The highest BCUT2D eigenvalue weighted by Crippen LogP contribution is 2.55. The molecule has 1 aliphatic heterocycles. The summed E-state index contributed by atoms with van der Waals surface area (Å²) in [5.41, 5.74) is -0.108. The summed E-state index contributed by atoms with van der Waals surface area (Å²) in [6, 6.07) is 0.118. The molecule has 0 radical (unpaired) electrons. The Labute approximate surface area is 177 Å². The monoisotopic (exact) mass is 416 g/mol. The number of rotatable bonds is 6. The Kier molecular flexibility index (Phi) is 5.31. The second-order valence-electron chi connectivity index (χ2n) is 9.53. The van der Waals surface area contributed by atoms with Crippen LogP contribution in [0, 0.1) is 17.8 Å². The number of hydrogen-bond donors (Lipinski definition) is 2. The molecule has 1 aromatic heterocycles. The second kappa shape index (κ2) is 7.96. The number of morpholine rings is 1. The van der Waals surface area contributed by atoms with Crippen LogP contribution in [-0.4, -0.2) is 65.5 Å². The first-order valence-corrected chi connectivity index (χ1v) is 11.4. The molecule has 30 heavy (non-hydrogen) atoms. The fraction of sp³-hybridized carbons (Fsp3) is 0.773. The Hall–Kier alpha value is -1.93. The van der Waals surface area contributed by atoms with E-state index in [9.17, 15) is 9.90 Å². The van der Waals surface area contributed by atoms with Crippen molar-refractivity contribution in [1.29, 1.82) is 0 Å². The molecule has 4 aliphatic carbocycles. The van der Waals surface area contributed by atoms with E-state index in [0.717, 1.165) is 51.6 Å². The van der Waals surface area contributed by atoms with Crippen LogP contribution in [0.5, 0.6) is 5.88 Å². The van der Waals surface area contributed by atoms with Gasteiger partial charge in [-0.1, -0.05) is 6.92 Å². The van der Waals surface area contributed by atoms with Crippen LogP contribution in [0.4, 0.5) is 5.95 Å². The quantitative estimate of drug-likeness (QED) is 0.729. The summed E-state index contributed by atoms with van der Waals surface area (Å²) in [4.78, 5) is 24.3. The Morgan fingerprint density at radius 1 is 1.30 bits per heavy atom. The Balaban J connectivity index is 1.34. The molecule has 6 rings (SSSR count). The van der Waals surface area contributed by atoms with E-state index in [2.05, 4.69) is 20.2 Å². The van der Waals surface area contributed by atoms with E-state index < -0.39 is 5.60 Å². The van der Waals surface area contributed by atoms with Crippen LogP contribution >= 0.6 is 0 Å². The van der Waals surface area contributed by atoms with Crippen LogP contribution < -0.4 is 15.0 Å². The lowest BCUT2D eigenvalue weighted by Crippen LogP contribution is -2.61. The minimum atomic E-state index is -0.504. The minimum absolute atomic E-state index is 0.118. The molecule has 8 heteroatoms. The fourth-order valence-electron chi connectivity index (χ4n) is 6.18. The van der Waals surface area contributed by atoms with Crippen molar-refractivity contribution in [2.24, 2.45) is 17.8 Å². The van der Waals surface area contributed by atoms with Gasteiger partial charge in [-0.15, -0.1) is 0 Å². The highest BCUT2D eigenvalue weighted by molar-refractivity contribution is 5.96. The first-order chi connectivity index (χ1) is 14.5. The molecule has 2 atom stereocenters. The molecule has 0 aromatic carbocycles. The molecule has 1 saturated heterocycles. The number of carbonyl (C=O) groups excluding carboxylic acids is 1. The van der Waals surface area contributed by atoms with E-state index in [1.807, 2.05) is 6.92 Å². The van der Waals surface area contributed by atoms with E-state index in [1.165, 1.54) is 0 Å².